The van der Waals surface area contributed by atoms with E-state index in [1.807, 2.05) is 0 Å². The number of ether oxygens (including phenoxy) is 1. The molecule has 2 atom stereocenters. The van der Waals surface area contributed by atoms with Crippen molar-refractivity contribution in [2.45, 2.75) is 17.6 Å². The standard InChI is InChI=1S/C8H8F3N3O2/c9-8(10,11)4-3(5(12)15)6(13)1-2-7(4,14)16-6/h1-2H,13-14H2,(H2,12,15). The summed E-state index contributed by atoms with van der Waals surface area (Å²) in [6, 6.07) is 0. The molecule has 88 valence electrons. The highest BCUT2D eigenvalue weighted by Gasteiger charge is 2.63. The molecule has 0 radical (unpaired) electrons. The van der Waals surface area contributed by atoms with Crippen molar-refractivity contribution in [1.29, 1.82) is 0 Å². The van der Waals surface area contributed by atoms with Crippen LogP contribution in [0.25, 0.3) is 0 Å². The summed E-state index contributed by atoms with van der Waals surface area (Å²) < 4.78 is 43.0. The molecule has 0 aromatic heterocycles. The van der Waals surface area contributed by atoms with Crippen LogP contribution in [0.15, 0.2) is 23.3 Å². The smallest absolute Gasteiger partial charge is 0.366 e. The number of halogens is 3. The van der Waals surface area contributed by atoms with Gasteiger partial charge in [-0.2, -0.15) is 13.2 Å². The molecule has 0 fully saturated rings. The number of hydrogen-bond acceptors (Lipinski definition) is 4. The van der Waals surface area contributed by atoms with E-state index < -0.39 is 34.7 Å². The summed E-state index contributed by atoms with van der Waals surface area (Å²) in [5, 5.41) is 0. The van der Waals surface area contributed by atoms with Crippen LogP contribution >= 0.6 is 0 Å². The summed E-state index contributed by atoms with van der Waals surface area (Å²) in [4.78, 5) is 11.0. The van der Waals surface area contributed by atoms with E-state index in [1.165, 1.54) is 0 Å². The fraction of sp³-hybridized carbons (Fsp3) is 0.375. The average Bonchev–Trinajstić information content (AvgIpc) is 2.48. The molecule has 2 bridgehead atoms. The van der Waals surface area contributed by atoms with E-state index in [9.17, 15) is 18.0 Å². The van der Waals surface area contributed by atoms with E-state index in [0.717, 1.165) is 12.2 Å². The van der Waals surface area contributed by atoms with Crippen LogP contribution in [0.4, 0.5) is 13.2 Å². The van der Waals surface area contributed by atoms with Gasteiger partial charge in [-0.05, 0) is 12.2 Å². The number of fused-ring (bicyclic) bond motifs is 2. The molecule has 16 heavy (non-hydrogen) atoms. The molecule has 8 heteroatoms. The average molecular weight is 235 g/mol. The molecule has 6 N–H and O–H groups in total. The van der Waals surface area contributed by atoms with E-state index in [0.29, 0.717) is 0 Å². The van der Waals surface area contributed by atoms with Gasteiger partial charge in [0.25, 0.3) is 0 Å². The Balaban J connectivity index is 2.69. The van der Waals surface area contributed by atoms with Gasteiger partial charge in [-0.1, -0.05) is 0 Å². The third-order valence-corrected chi connectivity index (χ3v) is 2.48. The number of nitrogens with two attached hydrogens (primary N) is 3. The van der Waals surface area contributed by atoms with Crippen LogP contribution in [0.1, 0.15) is 0 Å². The van der Waals surface area contributed by atoms with E-state index in [1.54, 1.807) is 0 Å². The van der Waals surface area contributed by atoms with Gasteiger partial charge in [0, 0.05) is 0 Å². The predicted octanol–water partition coefficient (Wildman–Crippen LogP) is -0.759. The van der Waals surface area contributed by atoms with Crippen LogP contribution in [0.5, 0.6) is 0 Å². The Morgan fingerprint density at radius 2 is 1.75 bits per heavy atom. The topological polar surface area (TPSA) is 104 Å². The first kappa shape index (κ1) is 11.1. The van der Waals surface area contributed by atoms with Gasteiger partial charge in [0.2, 0.25) is 5.91 Å². The van der Waals surface area contributed by atoms with Gasteiger partial charge in [-0.3, -0.25) is 16.3 Å². The number of alkyl halides is 3. The number of rotatable bonds is 1. The molecule has 2 heterocycles. The molecule has 0 aromatic rings. The number of primary amides is 1. The molecule has 2 rings (SSSR count). The maximum absolute atomic E-state index is 12.7. The monoisotopic (exact) mass is 235 g/mol. The second-order valence-corrected chi connectivity index (χ2v) is 3.63. The molecule has 5 nitrogen and oxygen atoms in total. The lowest BCUT2D eigenvalue weighted by Crippen LogP contribution is -2.45. The maximum Gasteiger partial charge on any atom is 0.417 e. The van der Waals surface area contributed by atoms with Gasteiger partial charge in [0.1, 0.15) is 0 Å². The quantitative estimate of drug-likeness (QED) is 0.519. The Hall–Kier alpha value is -1.38. The van der Waals surface area contributed by atoms with Gasteiger partial charge in [-0.25, -0.2) is 0 Å². The lowest BCUT2D eigenvalue weighted by Gasteiger charge is -2.22. The second kappa shape index (κ2) is 2.65. The largest absolute Gasteiger partial charge is 0.417 e. The molecule has 1 amide bonds. The first-order valence-corrected chi connectivity index (χ1v) is 4.21. The molecular weight excluding hydrogens is 227 g/mol. The summed E-state index contributed by atoms with van der Waals surface area (Å²) >= 11 is 0. The number of carbonyl (C=O) groups excluding carboxylic acids is 1. The molecule has 0 saturated heterocycles. The Kier molecular flexibility index (Phi) is 1.84. The summed E-state index contributed by atoms with van der Waals surface area (Å²) in [5.41, 5.74) is 9.32. The normalized spacial score (nSPS) is 37.3. The lowest BCUT2D eigenvalue weighted by molar-refractivity contribution is -0.118. The Morgan fingerprint density at radius 3 is 2.12 bits per heavy atom. The van der Waals surface area contributed by atoms with Gasteiger partial charge in [0.05, 0.1) is 11.1 Å². The lowest BCUT2D eigenvalue weighted by atomic mass is 9.89. The van der Waals surface area contributed by atoms with E-state index in [2.05, 4.69) is 0 Å². The highest BCUT2D eigenvalue weighted by atomic mass is 19.4. The SMILES string of the molecule is NC(=O)C1=C(C(F)(F)F)C2(N)C=CC1(N)O2. The number of carbonyl (C=O) groups is 1. The van der Waals surface area contributed by atoms with Gasteiger partial charge in [-0.15, -0.1) is 0 Å². The van der Waals surface area contributed by atoms with Crippen molar-refractivity contribution in [3.63, 3.8) is 0 Å². The predicted molar refractivity (Wildman–Crippen MR) is 46.3 cm³/mol. The number of hydrogen-bond donors (Lipinski definition) is 3. The minimum atomic E-state index is -4.83. The van der Waals surface area contributed by atoms with E-state index in [4.69, 9.17) is 21.9 Å². The van der Waals surface area contributed by atoms with Crippen molar-refractivity contribution in [3.05, 3.63) is 23.3 Å². The van der Waals surface area contributed by atoms with Crippen molar-refractivity contribution in [2.75, 3.05) is 0 Å². The zero-order valence-corrected chi connectivity index (χ0v) is 7.84. The first-order valence-electron chi connectivity index (χ1n) is 4.21. The minimum absolute atomic E-state index is 0.843. The fourth-order valence-corrected chi connectivity index (χ4v) is 1.93. The van der Waals surface area contributed by atoms with E-state index in [-0.39, 0.29) is 0 Å². The summed E-state index contributed by atoms with van der Waals surface area (Å²) in [5.74, 6) is -1.30. The second-order valence-electron chi connectivity index (χ2n) is 3.63. The zero-order valence-electron chi connectivity index (χ0n) is 7.84. The fourth-order valence-electron chi connectivity index (χ4n) is 1.93. The summed E-state index contributed by atoms with van der Waals surface area (Å²) in [6.07, 6.45) is -2.78. The van der Waals surface area contributed by atoms with E-state index >= 15 is 0 Å². The maximum atomic E-state index is 12.7. The molecule has 2 aliphatic heterocycles. The third-order valence-electron chi connectivity index (χ3n) is 2.48. The Bertz CT molecular complexity index is 442. The van der Waals surface area contributed by atoms with Crippen molar-refractivity contribution in [3.8, 4) is 0 Å². The van der Waals surface area contributed by atoms with Gasteiger partial charge >= 0.3 is 6.18 Å². The Labute approximate surface area is 87.7 Å². The molecule has 0 saturated carbocycles. The van der Waals surface area contributed by atoms with Gasteiger partial charge in [0.15, 0.2) is 11.4 Å². The molecule has 2 aliphatic rings. The van der Waals surface area contributed by atoms with Crippen LogP contribution in [-0.2, 0) is 9.53 Å². The highest BCUT2D eigenvalue weighted by molar-refractivity contribution is 5.97. The molecule has 2 unspecified atom stereocenters. The summed E-state index contributed by atoms with van der Waals surface area (Å²) in [7, 11) is 0. The molecular formula is C8H8F3N3O2. The van der Waals surface area contributed by atoms with Crippen LogP contribution < -0.4 is 17.2 Å². The molecule has 0 aromatic carbocycles. The third kappa shape index (κ3) is 1.20. The molecule has 0 aliphatic carbocycles. The van der Waals surface area contributed by atoms with Crippen molar-refractivity contribution >= 4 is 5.91 Å². The number of amides is 1. The highest BCUT2D eigenvalue weighted by Crippen LogP contribution is 2.50. The van der Waals surface area contributed by atoms with Crippen molar-refractivity contribution in [1.82, 2.24) is 0 Å². The summed E-state index contributed by atoms with van der Waals surface area (Å²) in [6.45, 7) is 0. The van der Waals surface area contributed by atoms with Crippen LogP contribution in [0.3, 0.4) is 0 Å². The zero-order chi connectivity index (χ0) is 12.4. The van der Waals surface area contributed by atoms with Gasteiger partial charge < -0.3 is 10.5 Å². The molecule has 0 spiro atoms. The first-order chi connectivity index (χ1) is 7.10. The van der Waals surface area contributed by atoms with Crippen LogP contribution in [-0.4, -0.2) is 23.5 Å². The van der Waals surface area contributed by atoms with Crippen molar-refractivity contribution < 1.29 is 22.7 Å². The van der Waals surface area contributed by atoms with Crippen LogP contribution in [0.2, 0.25) is 0 Å². The Morgan fingerprint density at radius 1 is 1.25 bits per heavy atom. The van der Waals surface area contributed by atoms with Crippen molar-refractivity contribution in [2.24, 2.45) is 17.2 Å². The minimum Gasteiger partial charge on any atom is -0.366 e. The van der Waals surface area contributed by atoms with Crippen LogP contribution in [0, 0.1) is 0 Å².